The van der Waals surface area contributed by atoms with Crippen LogP contribution in [0.15, 0.2) is 5.10 Å². The first-order chi connectivity index (χ1) is 7.03. The van der Waals surface area contributed by atoms with Gasteiger partial charge in [-0.05, 0) is 11.8 Å². The van der Waals surface area contributed by atoms with Crippen LogP contribution in [0.2, 0.25) is 0 Å². The van der Waals surface area contributed by atoms with Crippen LogP contribution in [0, 0.1) is 11.3 Å². The lowest BCUT2D eigenvalue weighted by Crippen LogP contribution is -2.45. The quantitative estimate of drug-likeness (QED) is 0.738. The van der Waals surface area contributed by atoms with Crippen molar-refractivity contribution in [1.82, 2.24) is 5.43 Å². The van der Waals surface area contributed by atoms with Crippen molar-refractivity contribution in [3.63, 3.8) is 0 Å². The van der Waals surface area contributed by atoms with Crippen LogP contribution in [-0.4, -0.2) is 31.3 Å². The summed E-state index contributed by atoms with van der Waals surface area (Å²) in [6, 6.07) is 0.186. The second-order valence-corrected chi connectivity index (χ2v) is 5.26. The first-order valence-electron chi connectivity index (χ1n) is 5.37. The summed E-state index contributed by atoms with van der Waals surface area (Å²) >= 11 is 0. The van der Waals surface area contributed by atoms with Gasteiger partial charge in [0.05, 0.1) is 24.3 Å². The average molecular weight is 210 g/mol. The fourth-order valence-electron chi connectivity index (χ4n) is 2.63. The molecule has 0 bridgehead atoms. The van der Waals surface area contributed by atoms with Gasteiger partial charge in [-0.2, -0.15) is 5.10 Å². The van der Waals surface area contributed by atoms with Gasteiger partial charge in [-0.15, -0.1) is 0 Å². The molecule has 1 saturated carbocycles. The predicted octanol–water partition coefficient (Wildman–Crippen LogP) is 0.966. The van der Waals surface area contributed by atoms with E-state index in [0.29, 0.717) is 18.8 Å². The van der Waals surface area contributed by atoms with Crippen LogP contribution >= 0.6 is 0 Å². The van der Waals surface area contributed by atoms with Gasteiger partial charge in [-0.3, -0.25) is 4.79 Å². The number of Topliss-reactive ketones (excluding diaryl/α,β-unsaturated/α-hetero) is 1. The van der Waals surface area contributed by atoms with Crippen molar-refractivity contribution < 1.29 is 9.53 Å². The number of nitrogens with one attached hydrogen (secondary N) is 1. The third-order valence-electron chi connectivity index (χ3n) is 3.20. The number of fused-ring (bicyclic) bond motifs is 1. The Labute approximate surface area is 90.1 Å². The lowest BCUT2D eigenvalue weighted by Gasteiger charge is -2.36. The van der Waals surface area contributed by atoms with Crippen molar-refractivity contribution in [2.45, 2.75) is 32.7 Å². The van der Waals surface area contributed by atoms with E-state index in [1.165, 1.54) is 0 Å². The highest BCUT2D eigenvalue weighted by molar-refractivity contribution is 6.08. The molecule has 0 saturated heterocycles. The van der Waals surface area contributed by atoms with Gasteiger partial charge in [0, 0.05) is 13.5 Å². The third-order valence-corrected chi connectivity index (χ3v) is 3.20. The fourth-order valence-corrected chi connectivity index (χ4v) is 2.63. The number of carbonyl (C=O) groups is 1. The van der Waals surface area contributed by atoms with Crippen molar-refractivity contribution >= 4 is 11.5 Å². The molecule has 15 heavy (non-hydrogen) atoms. The van der Waals surface area contributed by atoms with Crippen molar-refractivity contribution in [1.29, 1.82) is 0 Å². The Hall–Kier alpha value is -0.900. The molecular formula is C11H18N2O2. The van der Waals surface area contributed by atoms with Crippen molar-refractivity contribution in [2.24, 2.45) is 16.4 Å². The second-order valence-electron chi connectivity index (χ2n) is 5.26. The molecule has 4 nitrogen and oxygen atoms in total. The molecule has 1 aliphatic carbocycles. The summed E-state index contributed by atoms with van der Waals surface area (Å²) in [7, 11) is 1.63. The monoisotopic (exact) mass is 210 g/mol. The minimum atomic E-state index is -0.0435. The molecule has 0 aromatic heterocycles. The number of hydrogen-bond donors (Lipinski definition) is 1. The molecule has 2 atom stereocenters. The Kier molecular flexibility index (Phi) is 2.54. The number of rotatable bonds is 2. The van der Waals surface area contributed by atoms with Gasteiger partial charge in [0.1, 0.15) is 5.78 Å². The molecule has 2 rings (SSSR count). The van der Waals surface area contributed by atoms with Gasteiger partial charge >= 0.3 is 0 Å². The normalized spacial score (nSPS) is 33.3. The van der Waals surface area contributed by atoms with Crippen LogP contribution in [0.3, 0.4) is 0 Å². The number of carbonyl (C=O) groups excluding carboxylic acids is 1. The predicted molar refractivity (Wildman–Crippen MR) is 57.7 cm³/mol. The molecule has 0 aromatic carbocycles. The van der Waals surface area contributed by atoms with Gasteiger partial charge in [0.25, 0.3) is 0 Å². The van der Waals surface area contributed by atoms with E-state index < -0.39 is 0 Å². The Morgan fingerprint density at radius 2 is 2.33 bits per heavy atom. The van der Waals surface area contributed by atoms with Crippen LogP contribution in [0.25, 0.3) is 0 Å². The lowest BCUT2D eigenvalue weighted by atomic mass is 9.69. The second kappa shape index (κ2) is 3.59. The Morgan fingerprint density at radius 3 is 3.00 bits per heavy atom. The Balaban J connectivity index is 2.14. The lowest BCUT2D eigenvalue weighted by molar-refractivity contribution is -0.126. The van der Waals surface area contributed by atoms with E-state index in [1.54, 1.807) is 7.11 Å². The van der Waals surface area contributed by atoms with Crippen LogP contribution in [0.1, 0.15) is 26.7 Å². The first-order valence-corrected chi connectivity index (χ1v) is 5.37. The molecule has 0 spiro atoms. The highest BCUT2D eigenvalue weighted by Gasteiger charge is 2.45. The molecule has 1 fully saturated rings. The minimum absolute atomic E-state index is 0.0435. The molecule has 1 N–H and O–H groups in total. The number of ketones is 1. The number of hydrogen-bond acceptors (Lipinski definition) is 4. The standard InChI is InChI=1S/C11H18N2O2/c1-11(2)4-7-10(9(14)5-11)8(6-15-3)13-12-7/h7,10,12H,4-6H2,1-3H3/t7-,10-/m1/s1. The zero-order chi connectivity index (χ0) is 11.1. The molecule has 4 heteroatoms. The van der Waals surface area contributed by atoms with Gasteiger partial charge in [-0.1, -0.05) is 13.8 Å². The molecule has 1 aliphatic heterocycles. The van der Waals surface area contributed by atoms with Gasteiger partial charge in [-0.25, -0.2) is 0 Å². The van der Waals surface area contributed by atoms with Crippen molar-refractivity contribution in [3.8, 4) is 0 Å². The molecule has 0 amide bonds. The largest absolute Gasteiger partial charge is 0.379 e. The molecule has 1 heterocycles. The number of hydrazone groups is 1. The molecule has 0 aromatic rings. The van der Waals surface area contributed by atoms with Crippen LogP contribution in [0.4, 0.5) is 0 Å². The van der Waals surface area contributed by atoms with Gasteiger partial charge in [0.2, 0.25) is 0 Å². The summed E-state index contributed by atoms with van der Waals surface area (Å²) < 4.78 is 5.05. The summed E-state index contributed by atoms with van der Waals surface area (Å²) in [6.45, 7) is 4.73. The molecular weight excluding hydrogens is 192 g/mol. The maximum Gasteiger partial charge on any atom is 0.144 e. The van der Waals surface area contributed by atoms with E-state index in [-0.39, 0.29) is 17.4 Å². The fraction of sp³-hybridized carbons (Fsp3) is 0.818. The van der Waals surface area contributed by atoms with Crippen LogP contribution < -0.4 is 5.43 Å². The zero-order valence-electron chi connectivity index (χ0n) is 9.54. The Morgan fingerprint density at radius 1 is 1.60 bits per heavy atom. The molecule has 0 unspecified atom stereocenters. The van der Waals surface area contributed by atoms with E-state index in [2.05, 4.69) is 24.4 Å². The van der Waals surface area contributed by atoms with Gasteiger partial charge in [0.15, 0.2) is 0 Å². The summed E-state index contributed by atoms with van der Waals surface area (Å²) in [5, 5.41) is 4.21. The molecule has 84 valence electrons. The smallest absolute Gasteiger partial charge is 0.144 e. The molecule has 0 radical (unpaired) electrons. The Bertz CT molecular complexity index is 310. The summed E-state index contributed by atoms with van der Waals surface area (Å²) in [5.74, 6) is 0.259. The summed E-state index contributed by atoms with van der Waals surface area (Å²) in [4.78, 5) is 12.0. The summed E-state index contributed by atoms with van der Waals surface area (Å²) in [5.41, 5.74) is 4.03. The number of methoxy groups -OCH3 is 1. The number of ether oxygens (including phenoxy) is 1. The topological polar surface area (TPSA) is 50.7 Å². The van der Waals surface area contributed by atoms with Gasteiger partial charge < -0.3 is 10.2 Å². The van der Waals surface area contributed by atoms with Crippen LogP contribution in [0.5, 0.6) is 0 Å². The SMILES string of the molecule is COCC1=NN[C@@H]2CC(C)(C)CC(=O)[C@@H]12. The maximum atomic E-state index is 12.0. The average Bonchev–Trinajstić information content (AvgIpc) is 2.46. The minimum Gasteiger partial charge on any atom is -0.379 e. The highest BCUT2D eigenvalue weighted by atomic mass is 16.5. The van der Waals surface area contributed by atoms with E-state index in [9.17, 15) is 4.79 Å². The number of nitrogens with zero attached hydrogens (tertiary/aromatic N) is 1. The van der Waals surface area contributed by atoms with Crippen molar-refractivity contribution in [2.75, 3.05) is 13.7 Å². The highest BCUT2D eigenvalue weighted by Crippen LogP contribution is 2.38. The van der Waals surface area contributed by atoms with E-state index >= 15 is 0 Å². The zero-order valence-corrected chi connectivity index (χ0v) is 9.54. The third kappa shape index (κ3) is 1.91. The van der Waals surface area contributed by atoms with E-state index in [4.69, 9.17) is 4.74 Å². The van der Waals surface area contributed by atoms with Crippen LogP contribution in [-0.2, 0) is 9.53 Å². The maximum absolute atomic E-state index is 12.0. The van der Waals surface area contributed by atoms with Crippen molar-refractivity contribution in [3.05, 3.63) is 0 Å². The van der Waals surface area contributed by atoms with E-state index in [0.717, 1.165) is 12.1 Å². The molecule has 2 aliphatic rings. The first kappa shape index (κ1) is 10.6. The summed E-state index contributed by atoms with van der Waals surface area (Å²) in [6.07, 6.45) is 1.65. The van der Waals surface area contributed by atoms with E-state index in [1.807, 2.05) is 0 Å².